The third-order valence-corrected chi connectivity index (χ3v) is 6.90. The third-order valence-electron chi connectivity index (χ3n) is 6.90. The molecule has 192 valence electrons. The lowest BCUT2D eigenvalue weighted by atomic mass is 9.98. The van der Waals surface area contributed by atoms with Gasteiger partial charge in [0.2, 0.25) is 0 Å². The Kier molecular flexibility index (Phi) is 7.68. The molecule has 1 atom stereocenters. The Morgan fingerprint density at radius 1 is 1.03 bits per heavy atom. The first-order chi connectivity index (χ1) is 18.0. The van der Waals surface area contributed by atoms with E-state index in [9.17, 15) is 4.79 Å². The number of ether oxygens (including phenoxy) is 2. The average molecular weight is 498 g/mol. The van der Waals surface area contributed by atoms with E-state index >= 15 is 0 Å². The van der Waals surface area contributed by atoms with Gasteiger partial charge in [0.25, 0.3) is 0 Å². The highest BCUT2D eigenvalue weighted by Gasteiger charge is 2.23. The minimum atomic E-state index is -0.585. The molecular weight excluding hydrogens is 462 g/mol. The second-order valence-electron chi connectivity index (χ2n) is 10.2. The number of likely N-dealkylation sites (tertiary alicyclic amines) is 1. The van der Waals surface area contributed by atoms with Crippen LogP contribution in [0, 0.1) is 0 Å². The number of hydrogen-bond acceptors (Lipinski definition) is 5. The van der Waals surface area contributed by atoms with Crippen LogP contribution in [0.15, 0.2) is 72.8 Å². The predicted molar refractivity (Wildman–Crippen MR) is 147 cm³/mol. The summed E-state index contributed by atoms with van der Waals surface area (Å²) in [5, 5.41) is 8.71. The molecule has 0 saturated carbocycles. The van der Waals surface area contributed by atoms with Crippen LogP contribution in [0.1, 0.15) is 43.9 Å². The highest BCUT2D eigenvalue weighted by atomic mass is 16.5. The zero-order valence-electron chi connectivity index (χ0n) is 21.8. The number of aromatic amines is 1. The van der Waals surface area contributed by atoms with E-state index in [-0.39, 0.29) is 24.4 Å². The number of nitrogens with zero attached hydrogens (tertiary/aromatic N) is 2. The van der Waals surface area contributed by atoms with Gasteiger partial charge in [-0.1, -0.05) is 36.4 Å². The lowest BCUT2D eigenvalue weighted by Crippen LogP contribution is -2.35. The number of hydrogen-bond donors (Lipinski definition) is 1. The van der Waals surface area contributed by atoms with E-state index in [0.29, 0.717) is 0 Å². The number of carbonyl (C=O) groups excluding carboxylic acids is 1. The first-order valence-electron chi connectivity index (χ1n) is 13.1. The van der Waals surface area contributed by atoms with Crippen LogP contribution in [0.4, 0.5) is 0 Å². The fourth-order valence-corrected chi connectivity index (χ4v) is 4.91. The molecule has 6 nitrogen and oxygen atoms in total. The van der Waals surface area contributed by atoms with Crippen molar-refractivity contribution in [1.29, 1.82) is 0 Å². The van der Waals surface area contributed by atoms with Crippen LogP contribution in [0.25, 0.3) is 22.2 Å². The average Bonchev–Trinajstić information content (AvgIpc) is 3.33. The molecule has 6 heteroatoms. The van der Waals surface area contributed by atoms with Crippen molar-refractivity contribution in [2.45, 2.75) is 51.4 Å². The van der Waals surface area contributed by atoms with Crippen LogP contribution in [0.3, 0.4) is 0 Å². The van der Waals surface area contributed by atoms with Gasteiger partial charge in [-0.25, -0.2) is 0 Å². The summed E-state index contributed by atoms with van der Waals surface area (Å²) >= 11 is 0. The van der Waals surface area contributed by atoms with E-state index in [1.165, 1.54) is 0 Å². The van der Waals surface area contributed by atoms with Crippen molar-refractivity contribution >= 4 is 16.7 Å². The molecule has 3 aromatic carbocycles. The Balaban J connectivity index is 1.33. The molecule has 5 rings (SSSR count). The molecule has 0 radical (unpaired) electrons. The number of rotatable bonds is 9. The van der Waals surface area contributed by atoms with Crippen LogP contribution in [0.2, 0.25) is 0 Å². The van der Waals surface area contributed by atoms with E-state index in [2.05, 4.69) is 40.3 Å². The molecule has 1 N–H and O–H groups in total. The van der Waals surface area contributed by atoms with E-state index < -0.39 is 6.10 Å². The summed E-state index contributed by atoms with van der Waals surface area (Å²) in [6.07, 6.45) is 2.03. The molecule has 1 fully saturated rings. The molecule has 0 amide bonds. The molecule has 2 heterocycles. The lowest BCUT2D eigenvalue weighted by molar-refractivity contribution is -0.133. The summed E-state index contributed by atoms with van der Waals surface area (Å²) in [7, 11) is 2.15. The number of Topliss-reactive ketones (excluding diaryl/α,β-unsaturated/α-hetero) is 1. The first-order valence-corrected chi connectivity index (χ1v) is 13.1. The molecule has 1 saturated heterocycles. The lowest BCUT2D eigenvalue weighted by Gasteiger charge is -2.29. The topological polar surface area (TPSA) is 67.5 Å². The second-order valence-corrected chi connectivity index (χ2v) is 10.2. The maximum atomic E-state index is 13.3. The van der Waals surface area contributed by atoms with E-state index in [0.717, 1.165) is 65.0 Å². The van der Waals surface area contributed by atoms with Gasteiger partial charge >= 0.3 is 0 Å². The van der Waals surface area contributed by atoms with Crippen molar-refractivity contribution in [1.82, 2.24) is 15.1 Å². The van der Waals surface area contributed by atoms with Gasteiger partial charge in [0.15, 0.2) is 5.78 Å². The number of fused-ring (bicyclic) bond motifs is 1. The third kappa shape index (κ3) is 6.09. The molecule has 1 aliphatic rings. The fourth-order valence-electron chi connectivity index (χ4n) is 4.91. The van der Waals surface area contributed by atoms with Gasteiger partial charge < -0.3 is 14.4 Å². The summed E-state index contributed by atoms with van der Waals surface area (Å²) < 4.78 is 12.2. The quantitative estimate of drug-likeness (QED) is 0.308. The van der Waals surface area contributed by atoms with Gasteiger partial charge in [-0.15, -0.1) is 0 Å². The second kappa shape index (κ2) is 11.3. The highest BCUT2D eigenvalue weighted by Crippen LogP contribution is 2.30. The SMILES string of the molecule is CC(C)OC(C(=O)Cc1ccc2[nH]nc(-c3ccc(OC4CCN(C)CC4)cc3)c2c1)c1ccccc1. The number of H-pyrrole nitrogens is 1. The van der Waals surface area contributed by atoms with Gasteiger partial charge in [-0.05, 0) is 81.3 Å². The van der Waals surface area contributed by atoms with Gasteiger partial charge in [0.05, 0.1) is 17.3 Å². The van der Waals surface area contributed by atoms with E-state index in [1.54, 1.807) is 0 Å². The number of piperidine rings is 1. The summed E-state index contributed by atoms with van der Waals surface area (Å²) in [5.74, 6) is 0.932. The van der Waals surface area contributed by atoms with Crippen molar-refractivity contribution < 1.29 is 14.3 Å². The summed E-state index contributed by atoms with van der Waals surface area (Å²) in [5.41, 5.74) is 4.64. The molecule has 0 spiro atoms. The summed E-state index contributed by atoms with van der Waals surface area (Å²) in [6, 6.07) is 23.9. The minimum Gasteiger partial charge on any atom is -0.490 e. The Bertz CT molecular complexity index is 1320. The van der Waals surface area contributed by atoms with Gasteiger partial charge in [-0.3, -0.25) is 9.89 Å². The molecular formula is C31H35N3O3. The van der Waals surface area contributed by atoms with Gasteiger partial charge in [0, 0.05) is 30.5 Å². The number of benzene rings is 3. The van der Waals surface area contributed by atoms with Crippen LogP contribution in [0.5, 0.6) is 5.75 Å². The van der Waals surface area contributed by atoms with Crippen LogP contribution >= 0.6 is 0 Å². The number of carbonyl (C=O) groups is 1. The Labute approximate surface area is 218 Å². The molecule has 4 aromatic rings. The maximum Gasteiger partial charge on any atom is 0.170 e. The Hall–Kier alpha value is -3.48. The summed E-state index contributed by atoms with van der Waals surface area (Å²) in [6.45, 7) is 6.05. The van der Waals surface area contributed by atoms with Crippen LogP contribution < -0.4 is 4.74 Å². The van der Waals surface area contributed by atoms with E-state index in [1.807, 2.05) is 68.4 Å². The van der Waals surface area contributed by atoms with Gasteiger partial charge in [0.1, 0.15) is 18.0 Å². The Morgan fingerprint density at radius 3 is 2.46 bits per heavy atom. The highest BCUT2D eigenvalue weighted by molar-refractivity contribution is 5.94. The Morgan fingerprint density at radius 2 is 1.76 bits per heavy atom. The number of ketones is 1. The van der Waals surface area contributed by atoms with Crippen molar-refractivity contribution in [2.75, 3.05) is 20.1 Å². The normalized spacial score (nSPS) is 15.8. The van der Waals surface area contributed by atoms with Crippen LogP contribution in [-0.2, 0) is 16.0 Å². The molecule has 1 aromatic heterocycles. The smallest absolute Gasteiger partial charge is 0.170 e. The molecule has 0 aliphatic carbocycles. The largest absolute Gasteiger partial charge is 0.490 e. The molecule has 0 bridgehead atoms. The van der Waals surface area contributed by atoms with Crippen molar-refractivity contribution in [2.24, 2.45) is 0 Å². The monoisotopic (exact) mass is 497 g/mol. The fraction of sp³-hybridized carbons (Fsp3) is 0.355. The zero-order valence-corrected chi connectivity index (χ0v) is 21.8. The maximum absolute atomic E-state index is 13.3. The van der Waals surface area contributed by atoms with Crippen LogP contribution in [-0.4, -0.2) is 53.2 Å². The van der Waals surface area contributed by atoms with Crippen molar-refractivity contribution in [3.8, 4) is 17.0 Å². The minimum absolute atomic E-state index is 0.0414. The first kappa shape index (κ1) is 25.2. The summed E-state index contributed by atoms with van der Waals surface area (Å²) in [4.78, 5) is 15.7. The predicted octanol–water partition coefficient (Wildman–Crippen LogP) is 5.98. The number of nitrogens with one attached hydrogen (secondary N) is 1. The van der Waals surface area contributed by atoms with Crippen molar-refractivity contribution in [3.05, 3.63) is 83.9 Å². The van der Waals surface area contributed by atoms with Crippen molar-refractivity contribution in [3.63, 3.8) is 0 Å². The molecule has 1 unspecified atom stereocenters. The zero-order chi connectivity index (χ0) is 25.8. The molecule has 37 heavy (non-hydrogen) atoms. The number of aromatic nitrogens is 2. The van der Waals surface area contributed by atoms with E-state index in [4.69, 9.17) is 9.47 Å². The van der Waals surface area contributed by atoms with Gasteiger partial charge in [-0.2, -0.15) is 5.10 Å². The standard InChI is InChI=1S/C31H35N3O3/c1-21(2)36-31(24-7-5-4-6-8-24)29(35)20-22-9-14-28-27(19-22)30(33-32-28)23-10-12-25(13-11-23)37-26-15-17-34(3)18-16-26/h4-14,19,21,26,31H,15-18,20H2,1-3H3,(H,32,33). The molecule has 1 aliphatic heterocycles.